The molecule has 0 radical (unpaired) electrons. The van der Waals surface area contributed by atoms with Crippen LogP contribution in [-0.4, -0.2) is 48.1 Å². The Balaban J connectivity index is 2.02. The Bertz CT molecular complexity index is 656. The molecule has 144 valence electrons. The molecule has 8 heteroatoms. The van der Waals surface area contributed by atoms with Crippen molar-refractivity contribution in [1.82, 2.24) is 10.2 Å². The Hall–Kier alpha value is -2.38. The summed E-state index contributed by atoms with van der Waals surface area (Å²) in [6, 6.07) is 5.72. The zero-order valence-electron chi connectivity index (χ0n) is 15.3. The van der Waals surface area contributed by atoms with Gasteiger partial charge in [-0.1, -0.05) is 12.1 Å². The smallest absolute Gasteiger partial charge is 0.411 e. The van der Waals surface area contributed by atoms with Gasteiger partial charge in [-0.2, -0.15) is 0 Å². The van der Waals surface area contributed by atoms with Gasteiger partial charge in [-0.15, -0.1) is 0 Å². The lowest BCUT2D eigenvalue weighted by atomic mass is 10.1. The van der Waals surface area contributed by atoms with Crippen molar-refractivity contribution in [1.29, 1.82) is 0 Å². The topological polar surface area (TPSA) is 67.9 Å². The molecule has 1 N–H and O–H groups in total. The molecule has 0 aliphatic carbocycles. The fourth-order valence-corrected chi connectivity index (χ4v) is 2.61. The molecule has 0 spiro atoms. The van der Waals surface area contributed by atoms with Crippen molar-refractivity contribution in [2.75, 3.05) is 13.7 Å². The Labute approximate surface area is 151 Å². The van der Waals surface area contributed by atoms with Crippen LogP contribution in [0.4, 0.5) is 13.6 Å². The third-order valence-electron chi connectivity index (χ3n) is 3.83. The third kappa shape index (κ3) is 5.31. The van der Waals surface area contributed by atoms with Crippen molar-refractivity contribution >= 4 is 12.0 Å². The van der Waals surface area contributed by atoms with Gasteiger partial charge < -0.3 is 14.8 Å². The van der Waals surface area contributed by atoms with E-state index >= 15 is 0 Å². The lowest BCUT2D eigenvalue weighted by Crippen LogP contribution is -2.47. The van der Waals surface area contributed by atoms with E-state index < -0.39 is 42.5 Å². The number of halogens is 2. The minimum absolute atomic E-state index is 0.160. The molecule has 26 heavy (non-hydrogen) atoms. The molecular weight excluding hydrogens is 346 g/mol. The van der Waals surface area contributed by atoms with Gasteiger partial charge in [0.1, 0.15) is 17.4 Å². The van der Waals surface area contributed by atoms with E-state index in [1.165, 1.54) is 0 Å². The first-order chi connectivity index (χ1) is 12.0. The molecule has 6 nitrogen and oxygen atoms in total. The number of amides is 2. The van der Waals surface area contributed by atoms with E-state index in [-0.39, 0.29) is 6.54 Å². The van der Waals surface area contributed by atoms with E-state index in [2.05, 4.69) is 5.32 Å². The standard InChI is InChI=1S/C18H24F2N2O4/c1-17(2,3)26-16(24)22-11-18(19,20)9-14(22)15(23)21-10-12-5-7-13(25-4)8-6-12/h5-8,14H,9-11H2,1-4H3,(H,21,23)/t14-/m1/s1. The maximum Gasteiger partial charge on any atom is 0.411 e. The van der Waals surface area contributed by atoms with Gasteiger partial charge in [0.05, 0.1) is 13.7 Å². The van der Waals surface area contributed by atoms with Gasteiger partial charge in [0.25, 0.3) is 5.92 Å². The minimum atomic E-state index is -3.13. The number of nitrogens with one attached hydrogen (secondary N) is 1. The molecule has 1 aliphatic rings. The van der Waals surface area contributed by atoms with Gasteiger partial charge in [0, 0.05) is 13.0 Å². The lowest BCUT2D eigenvalue weighted by Gasteiger charge is -2.27. The molecule has 1 aliphatic heterocycles. The summed E-state index contributed by atoms with van der Waals surface area (Å²) < 4.78 is 37.8. The SMILES string of the molecule is COc1ccc(CNC(=O)[C@H]2CC(F)(F)CN2C(=O)OC(C)(C)C)cc1. The highest BCUT2D eigenvalue weighted by molar-refractivity contribution is 5.86. The Morgan fingerprint density at radius 1 is 1.27 bits per heavy atom. The van der Waals surface area contributed by atoms with Crippen LogP contribution in [0.5, 0.6) is 5.75 Å². The molecule has 1 heterocycles. The van der Waals surface area contributed by atoms with Crippen LogP contribution in [0.25, 0.3) is 0 Å². The Morgan fingerprint density at radius 3 is 2.42 bits per heavy atom. The van der Waals surface area contributed by atoms with E-state index in [1.54, 1.807) is 52.1 Å². The average Bonchev–Trinajstić information content (AvgIpc) is 2.87. The number of benzene rings is 1. The molecule has 0 saturated carbocycles. The molecule has 1 saturated heterocycles. The van der Waals surface area contributed by atoms with Crippen molar-refractivity contribution in [3.63, 3.8) is 0 Å². The van der Waals surface area contributed by atoms with Gasteiger partial charge in [0.15, 0.2) is 0 Å². The van der Waals surface area contributed by atoms with Gasteiger partial charge in [-0.05, 0) is 38.5 Å². The lowest BCUT2D eigenvalue weighted by molar-refractivity contribution is -0.125. The van der Waals surface area contributed by atoms with E-state index in [0.717, 1.165) is 10.5 Å². The highest BCUT2D eigenvalue weighted by atomic mass is 19.3. The second kappa shape index (κ2) is 7.47. The van der Waals surface area contributed by atoms with Crippen molar-refractivity contribution in [3.05, 3.63) is 29.8 Å². The zero-order chi connectivity index (χ0) is 19.5. The summed E-state index contributed by atoms with van der Waals surface area (Å²) in [5.41, 5.74) is -0.0493. The normalized spacial score (nSPS) is 19.2. The number of alkyl halides is 2. The quantitative estimate of drug-likeness (QED) is 0.885. The molecule has 1 atom stereocenters. The van der Waals surface area contributed by atoms with Crippen LogP contribution in [0.1, 0.15) is 32.8 Å². The van der Waals surface area contributed by atoms with Gasteiger partial charge in [0.2, 0.25) is 5.91 Å². The summed E-state index contributed by atoms with van der Waals surface area (Å²) >= 11 is 0. The number of carbonyl (C=O) groups is 2. The molecule has 2 amide bonds. The number of hydrogen-bond acceptors (Lipinski definition) is 4. The highest BCUT2D eigenvalue weighted by Crippen LogP contribution is 2.33. The molecule has 0 bridgehead atoms. The summed E-state index contributed by atoms with van der Waals surface area (Å²) in [7, 11) is 1.54. The Kier molecular flexibility index (Phi) is 5.73. The minimum Gasteiger partial charge on any atom is -0.497 e. The van der Waals surface area contributed by atoms with E-state index in [1.807, 2.05) is 0 Å². The Morgan fingerprint density at radius 2 is 1.88 bits per heavy atom. The van der Waals surface area contributed by atoms with Crippen LogP contribution >= 0.6 is 0 Å². The van der Waals surface area contributed by atoms with Crippen LogP contribution in [0.3, 0.4) is 0 Å². The molecular formula is C18H24F2N2O4. The number of nitrogens with zero attached hydrogens (tertiary/aromatic N) is 1. The first kappa shape index (κ1) is 19.9. The van der Waals surface area contributed by atoms with Crippen LogP contribution < -0.4 is 10.1 Å². The van der Waals surface area contributed by atoms with Crippen molar-refractivity contribution < 1.29 is 27.8 Å². The van der Waals surface area contributed by atoms with Crippen molar-refractivity contribution in [3.8, 4) is 5.75 Å². The van der Waals surface area contributed by atoms with Crippen molar-refractivity contribution in [2.45, 2.75) is 51.3 Å². The summed E-state index contributed by atoms with van der Waals surface area (Å²) in [5.74, 6) is -3.09. The zero-order valence-corrected chi connectivity index (χ0v) is 15.3. The maximum absolute atomic E-state index is 13.8. The van der Waals surface area contributed by atoms with Crippen LogP contribution in [0.2, 0.25) is 0 Å². The van der Waals surface area contributed by atoms with E-state index in [0.29, 0.717) is 5.75 Å². The number of likely N-dealkylation sites (tertiary alicyclic amines) is 1. The monoisotopic (exact) mass is 370 g/mol. The number of hydrogen-bond donors (Lipinski definition) is 1. The van der Waals surface area contributed by atoms with Crippen molar-refractivity contribution in [2.24, 2.45) is 0 Å². The van der Waals surface area contributed by atoms with Gasteiger partial charge in [-0.25, -0.2) is 13.6 Å². The number of carbonyl (C=O) groups excluding carboxylic acids is 2. The van der Waals surface area contributed by atoms with Gasteiger partial charge in [-0.3, -0.25) is 9.69 Å². The summed E-state index contributed by atoms with van der Waals surface area (Å²) in [4.78, 5) is 25.4. The second-order valence-electron chi connectivity index (χ2n) is 7.25. The molecule has 1 aromatic rings. The van der Waals surface area contributed by atoms with Gasteiger partial charge >= 0.3 is 6.09 Å². The molecule has 1 aromatic carbocycles. The van der Waals surface area contributed by atoms with Crippen LogP contribution in [-0.2, 0) is 16.1 Å². The fraction of sp³-hybridized carbons (Fsp3) is 0.556. The third-order valence-corrected chi connectivity index (χ3v) is 3.83. The first-order valence-corrected chi connectivity index (χ1v) is 8.29. The predicted octanol–water partition coefficient (Wildman–Crippen LogP) is 2.96. The molecule has 0 unspecified atom stereocenters. The largest absolute Gasteiger partial charge is 0.497 e. The van der Waals surface area contributed by atoms with Crippen LogP contribution in [0, 0.1) is 0 Å². The van der Waals surface area contributed by atoms with E-state index in [4.69, 9.17) is 9.47 Å². The van der Waals surface area contributed by atoms with E-state index in [9.17, 15) is 18.4 Å². The molecule has 2 rings (SSSR count). The number of rotatable bonds is 4. The molecule has 1 fully saturated rings. The second-order valence-corrected chi connectivity index (χ2v) is 7.25. The summed E-state index contributed by atoms with van der Waals surface area (Å²) in [5, 5.41) is 2.60. The molecule has 0 aromatic heterocycles. The summed E-state index contributed by atoms with van der Waals surface area (Å²) in [6.45, 7) is 4.24. The predicted molar refractivity (Wildman–Crippen MR) is 91.1 cm³/mol. The fourth-order valence-electron chi connectivity index (χ4n) is 2.61. The highest BCUT2D eigenvalue weighted by Gasteiger charge is 2.51. The average molecular weight is 370 g/mol. The number of ether oxygens (including phenoxy) is 2. The summed E-state index contributed by atoms with van der Waals surface area (Å²) in [6.07, 6.45) is -1.64. The maximum atomic E-state index is 13.8. The van der Waals surface area contributed by atoms with Crippen LogP contribution in [0.15, 0.2) is 24.3 Å². The number of methoxy groups -OCH3 is 1. The first-order valence-electron chi connectivity index (χ1n) is 8.29.